The van der Waals surface area contributed by atoms with E-state index in [1.165, 1.54) is 11.0 Å². The topological polar surface area (TPSA) is 47.6 Å². The van der Waals surface area contributed by atoms with Crippen LogP contribution in [0.25, 0.3) is 6.08 Å². The number of hydrogen-bond donors (Lipinski definition) is 1. The number of benzene rings is 2. The van der Waals surface area contributed by atoms with Crippen LogP contribution >= 0.6 is 11.8 Å². The van der Waals surface area contributed by atoms with E-state index in [1.54, 1.807) is 32.1 Å². The number of ether oxygens (including phenoxy) is 2. The van der Waals surface area contributed by atoms with Crippen molar-refractivity contribution in [2.24, 2.45) is 0 Å². The maximum absolute atomic E-state index is 12.0. The van der Waals surface area contributed by atoms with Crippen LogP contribution in [0.5, 0.6) is 5.75 Å². The predicted octanol–water partition coefficient (Wildman–Crippen LogP) is 3.93. The molecule has 0 aromatic heterocycles. The summed E-state index contributed by atoms with van der Waals surface area (Å²) in [6.07, 6.45) is 5.14. The molecule has 4 nitrogen and oxygen atoms in total. The Balaban J connectivity index is 1.91. The number of rotatable bonds is 8. The minimum Gasteiger partial charge on any atom is -0.497 e. The van der Waals surface area contributed by atoms with Crippen LogP contribution in [-0.4, -0.2) is 32.9 Å². The molecule has 0 radical (unpaired) electrons. The number of carbonyl (C=O) groups is 1. The SMILES string of the molecule is COc1cccc([C@@H](CNC(=O)/C=C/c2ccc(SC)cc2)OC)c1. The van der Waals surface area contributed by atoms with Crippen LogP contribution in [0.2, 0.25) is 0 Å². The molecule has 1 atom stereocenters. The number of carbonyl (C=O) groups excluding carboxylic acids is 1. The Morgan fingerprint density at radius 1 is 1.20 bits per heavy atom. The third-order valence-electron chi connectivity index (χ3n) is 3.75. The van der Waals surface area contributed by atoms with Gasteiger partial charge in [-0.25, -0.2) is 0 Å². The first-order chi connectivity index (χ1) is 12.2. The number of methoxy groups -OCH3 is 2. The van der Waals surface area contributed by atoms with Crippen molar-refractivity contribution in [3.05, 3.63) is 65.7 Å². The molecule has 1 N–H and O–H groups in total. The Labute approximate surface area is 153 Å². The fourth-order valence-electron chi connectivity index (χ4n) is 2.32. The molecule has 5 heteroatoms. The Morgan fingerprint density at radius 2 is 1.96 bits per heavy atom. The second kappa shape index (κ2) is 9.91. The van der Waals surface area contributed by atoms with Gasteiger partial charge in [-0.1, -0.05) is 24.3 Å². The molecule has 0 aliphatic rings. The van der Waals surface area contributed by atoms with Gasteiger partial charge >= 0.3 is 0 Å². The zero-order valence-electron chi connectivity index (χ0n) is 14.7. The summed E-state index contributed by atoms with van der Waals surface area (Å²) in [4.78, 5) is 13.2. The van der Waals surface area contributed by atoms with E-state index in [0.29, 0.717) is 6.54 Å². The average molecular weight is 357 g/mol. The lowest BCUT2D eigenvalue weighted by atomic mass is 10.1. The summed E-state index contributed by atoms with van der Waals surface area (Å²) in [6, 6.07) is 15.7. The molecule has 0 heterocycles. The highest BCUT2D eigenvalue weighted by atomic mass is 32.2. The van der Waals surface area contributed by atoms with E-state index in [4.69, 9.17) is 9.47 Å². The summed E-state index contributed by atoms with van der Waals surface area (Å²) in [7, 11) is 3.25. The van der Waals surface area contributed by atoms with Gasteiger partial charge in [0.05, 0.1) is 13.2 Å². The molecular formula is C20H23NO3S. The van der Waals surface area contributed by atoms with Crippen molar-refractivity contribution in [3.63, 3.8) is 0 Å². The Bertz CT molecular complexity index is 713. The molecule has 0 aliphatic heterocycles. The molecule has 2 aromatic rings. The van der Waals surface area contributed by atoms with Crippen LogP contribution in [0.4, 0.5) is 0 Å². The fraction of sp³-hybridized carbons (Fsp3) is 0.250. The van der Waals surface area contributed by atoms with Gasteiger partial charge in [0.2, 0.25) is 5.91 Å². The molecule has 0 spiro atoms. The van der Waals surface area contributed by atoms with E-state index < -0.39 is 0 Å². The van der Waals surface area contributed by atoms with E-state index in [0.717, 1.165) is 16.9 Å². The van der Waals surface area contributed by atoms with Crippen molar-refractivity contribution in [2.45, 2.75) is 11.0 Å². The molecule has 0 saturated carbocycles. The second-order valence-corrected chi connectivity index (χ2v) is 6.23. The van der Waals surface area contributed by atoms with Crippen LogP contribution in [0.3, 0.4) is 0 Å². The normalized spacial score (nSPS) is 12.1. The summed E-state index contributed by atoms with van der Waals surface area (Å²) in [5, 5.41) is 2.87. The van der Waals surface area contributed by atoms with Crippen molar-refractivity contribution in [1.82, 2.24) is 5.32 Å². The molecular weight excluding hydrogens is 334 g/mol. The molecule has 0 aliphatic carbocycles. The summed E-state index contributed by atoms with van der Waals surface area (Å²) < 4.78 is 10.7. The van der Waals surface area contributed by atoms with Gasteiger partial charge in [0.1, 0.15) is 5.75 Å². The molecule has 0 fully saturated rings. The van der Waals surface area contributed by atoms with Gasteiger partial charge in [-0.15, -0.1) is 11.8 Å². The quantitative estimate of drug-likeness (QED) is 0.574. The highest BCUT2D eigenvalue weighted by Crippen LogP contribution is 2.21. The summed E-state index contributed by atoms with van der Waals surface area (Å²) >= 11 is 1.69. The van der Waals surface area contributed by atoms with Crippen molar-refractivity contribution in [3.8, 4) is 5.75 Å². The number of amides is 1. The fourth-order valence-corrected chi connectivity index (χ4v) is 2.73. The lowest BCUT2D eigenvalue weighted by molar-refractivity contribution is -0.117. The average Bonchev–Trinajstić information content (AvgIpc) is 2.67. The summed E-state index contributed by atoms with van der Waals surface area (Å²) in [5.41, 5.74) is 1.95. The van der Waals surface area contributed by atoms with Gasteiger partial charge in [0, 0.05) is 24.6 Å². The lowest BCUT2D eigenvalue weighted by Gasteiger charge is -2.16. The van der Waals surface area contributed by atoms with Crippen LogP contribution in [0, 0.1) is 0 Å². The van der Waals surface area contributed by atoms with Gasteiger partial charge in [-0.3, -0.25) is 4.79 Å². The van der Waals surface area contributed by atoms with Crippen molar-refractivity contribution < 1.29 is 14.3 Å². The molecule has 132 valence electrons. The second-order valence-electron chi connectivity index (χ2n) is 5.35. The van der Waals surface area contributed by atoms with Crippen LogP contribution in [0.1, 0.15) is 17.2 Å². The molecule has 0 unspecified atom stereocenters. The van der Waals surface area contributed by atoms with Gasteiger partial charge < -0.3 is 14.8 Å². The summed E-state index contributed by atoms with van der Waals surface area (Å²) in [6.45, 7) is 0.387. The van der Waals surface area contributed by atoms with E-state index in [1.807, 2.05) is 54.8 Å². The number of thioether (sulfide) groups is 1. The Morgan fingerprint density at radius 3 is 2.60 bits per heavy atom. The van der Waals surface area contributed by atoms with Crippen molar-refractivity contribution >= 4 is 23.7 Å². The van der Waals surface area contributed by atoms with Crippen LogP contribution in [-0.2, 0) is 9.53 Å². The molecule has 25 heavy (non-hydrogen) atoms. The molecule has 2 rings (SSSR count). The van der Waals surface area contributed by atoms with Gasteiger partial charge in [-0.2, -0.15) is 0 Å². The van der Waals surface area contributed by atoms with E-state index in [2.05, 4.69) is 5.32 Å². The predicted molar refractivity (Wildman–Crippen MR) is 103 cm³/mol. The highest BCUT2D eigenvalue weighted by molar-refractivity contribution is 7.98. The zero-order chi connectivity index (χ0) is 18.1. The largest absolute Gasteiger partial charge is 0.497 e. The first kappa shape index (κ1) is 19.1. The highest BCUT2D eigenvalue weighted by Gasteiger charge is 2.12. The van der Waals surface area contributed by atoms with Crippen LogP contribution in [0.15, 0.2) is 59.5 Å². The van der Waals surface area contributed by atoms with Gasteiger partial charge in [0.15, 0.2) is 0 Å². The smallest absolute Gasteiger partial charge is 0.244 e. The first-order valence-corrected chi connectivity index (χ1v) is 9.15. The van der Waals surface area contributed by atoms with Gasteiger partial charge in [0.25, 0.3) is 0 Å². The Hall–Kier alpha value is -2.24. The zero-order valence-corrected chi connectivity index (χ0v) is 15.5. The van der Waals surface area contributed by atoms with E-state index in [-0.39, 0.29) is 12.0 Å². The minimum atomic E-state index is -0.228. The van der Waals surface area contributed by atoms with E-state index >= 15 is 0 Å². The van der Waals surface area contributed by atoms with Gasteiger partial charge in [-0.05, 0) is 47.7 Å². The molecule has 2 aromatic carbocycles. The number of nitrogens with one attached hydrogen (secondary N) is 1. The van der Waals surface area contributed by atoms with Crippen molar-refractivity contribution in [2.75, 3.05) is 27.0 Å². The third kappa shape index (κ3) is 5.96. The van der Waals surface area contributed by atoms with Crippen LogP contribution < -0.4 is 10.1 Å². The first-order valence-electron chi connectivity index (χ1n) is 7.93. The number of hydrogen-bond acceptors (Lipinski definition) is 4. The molecule has 0 saturated heterocycles. The standard InChI is InChI=1S/C20H23NO3S/c1-23-17-6-4-5-16(13-17)19(24-2)14-21-20(22)12-9-15-7-10-18(25-3)11-8-15/h4-13,19H,14H2,1-3H3,(H,21,22)/b12-9+/t19-/m1/s1. The molecule has 0 bridgehead atoms. The van der Waals surface area contributed by atoms with Crippen molar-refractivity contribution in [1.29, 1.82) is 0 Å². The maximum atomic E-state index is 12.0. The third-order valence-corrected chi connectivity index (χ3v) is 4.50. The van der Waals surface area contributed by atoms with E-state index in [9.17, 15) is 4.79 Å². The lowest BCUT2D eigenvalue weighted by Crippen LogP contribution is -2.27. The molecule has 1 amide bonds. The summed E-state index contributed by atoms with van der Waals surface area (Å²) in [5.74, 6) is 0.610. The Kier molecular flexibility index (Phi) is 7.57. The maximum Gasteiger partial charge on any atom is 0.244 e. The minimum absolute atomic E-state index is 0.154. The monoisotopic (exact) mass is 357 g/mol.